The molecule has 0 aliphatic carbocycles. The molecule has 1 aliphatic heterocycles. The predicted molar refractivity (Wildman–Crippen MR) is 92.3 cm³/mol. The molecule has 106 valence electrons. The summed E-state index contributed by atoms with van der Waals surface area (Å²) in [5, 5.41) is 3.44. The van der Waals surface area contributed by atoms with Gasteiger partial charge in [0.15, 0.2) is 5.78 Å². The van der Waals surface area contributed by atoms with Crippen molar-refractivity contribution in [3.8, 4) is 0 Å². The van der Waals surface area contributed by atoms with Crippen LogP contribution < -0.4 is 5.32 Å². The van der Waals surface area contributed by atoms with Crippen molar-refractivity contribution in [3.05, 3.63) is 75.9 Å². The summed E-state index contributed by atoms with van der Waals surface area (Å²) < 4.78 is 0.986. The fraction of sp³-hybridized carbons (Fsp3) is 0.118. The Morgan fingerprint density at radius 2 is 1.90 bits per heavy atom. The number of Topliss-reactive ketones (excluding diaryl/α,β-unsaturated/α-hetero) is 1. The molecule has 0 spiro atoms. The van der Waals surface area contributed by atoms with E-state index < -0.39 is 0 Å². The Morgan fingerprint density at radius 1 is 1.14 bits per heavy atom. The van der Waals surface area contributed by atoms with E-state index in [0.717, 1.165) is 10.0 Å². The highest BCUT2D eigenvalue weighted by molar-refractivity contribution is 9.10. The second kappa shape index (κ2) is 6.50. The van der Waals surface area contributed by atoms with Crippen LogP contribution in [0.5, 0.6) is 0 Å². The quantitative estimate of drug-likeness (QED) is 0.806. The van der Waals surface area contributed by atoms with Gasteiger partial charge in [-0.25, -0.2) is 0 Å². The van der Waals surface area contributed by atoms with Gasteiger partial charge in [0.2, 0.25) is 0 Å². The third-order valence-electron chi connectivity index (χ3n) is 3.34. The number of carbonyl (C=O) groups is 1. The van der Waals surface area contributed by atoms with Gasteiger partial charge in [0.05, 0.1) is 11.1 Å². The second-order valence-corrected chi connectivity index (χ2v) is 6.76. The van der Waals surface area contributed by atoms with Crippen LogP contribution in [-0.2, 0) is 0 Å². The average molecular weight is 360 g/mol. The molecule has 1 aliphatic rings. The number of fused-ring (bicyclic) bond motifs is 1. The highest BCUT2D eigenvalue weighted by atomic mass is 79.9. The minimum atomic E-state index is 0.130. The number of ketones is 1. The lowest BCUT2D eigenvalue weighted by Crippen LogP contribution is -2.18. The smallest absolute Gasteiger partial charge is 0.172 e. The van der Waals surface area contributed by atoms with Gasteiger partial charge in [0.25, 0.3) is 0 Å². The van der Waals surface area contributed by atoms with Crippen molar-refractivity contribution in [3.63, 3.8) is 0 Å². The van der Waals surface area contributed by atoms with Crippen LogP contribution in [0.15, 0.2) is 59.2 Å². The minimum Gasteiger partial charge on any atom is -0.375 e. The number of carbonyl (C=O) groups excluding carboxylic acids is 1. The summed E-state index contributed by atoms with van der Waals surface area (Å²) in [7, 11) is 0. The van der Waals surface area contributed by atoms with Crippen LogP contribution in [0, 0.1) is 0 Å². The third kappa shape index (κ3) is 3.39. The maximum absolute atomic E-state index is 12.2. The van der Waals surface area contributed by atoms with Crippen molar-refractivity contribution in [2.75, 3.05) is 5.75 Å². The fourth-order valence-corrected chi connectivity index (χ4v) is 3.55. The first kappa shape index (κ1) is 14.4. The van der Waals surface area contributed by atoms with E-state index in [2.05, 4.69) is 39.5 Å². The Balaban J connectivity index is 1.67. The van der Waals surface area contributed by atoms with Gasteiger partial charge in [-0.3, -0.25) is 4.79 Å². The highest BCUT2D eigenvalue weighted by Crippen LogP contribution is 2.32. The highest BCUT2D eigenvalue weighted by Gasteiger charge is 2.18. The monoisotopic (exact) mass is 359 g/mol. The normalized spacial score (nSPS) is 16.1. The topological polar surface area (TPSA) is 29.1 Å². The molecule has 1 N–H and O–H groups in total. The number of nitrogens with one attached hydrogen (secondary N) is 1. The summed E-state index contributed by atoms with van der Waals surface area (Å²) in [6.45, 7) is 0. The summed E-state index contributed by atoms with van der Waals surface area (Å²) in [6.07, 6.45) is 4.01. The first-order valence-electron chi connectivity index (χ1n) is 6.66. The van der Waals surface area contributed by atoms with Crippen LogP contribution in [0.3, 0.4) is 0 Å². The number of halogens is 1. The molecular formula is C17H14BrNOS. The molecule has 0 amide bonds. The van der Waals surface area contributed by atoms with E-state index >= 15 is 0 Å². The third-order valence-corrected chi connectivity index (χ3v) is 5.02. The lowest BCUT2D eigenvalue weighted by molar-refractivity contribution is 0.102. The Labute approximate surface area is 136 Å². The van der Waals surface area contributed by atoms with Crippen LogP contribution in [-0.4, -0.2) is 11.5 Å². The van der Waals surface area contributed by atoms with Crippen molar-refractivity contribution < 1.29 is 4.79 Å². The Bertz CT molecular complexity index is 681. The maximum atomic E-state index is 12.2. The molecule has 0 radical (unpaired) electrons. The molecule has 1 atom stereocenters. The largest absolute Gasteiger partial charge is 0.375 e. The van der Waals surface area contributed by atoms with Gasteiger partial charge >= 0.3 is 0 Å². The van der Waals surface area contributed by atoms with E-state index in [1.165, 1.54) is 11.1 Å². The van der Waals surface area contributed by atoms with Crippen LogP contribution >= 0.6 is 27.7 Å². The van der Waals surface area contributed by atoms with Gasteiger partial charge in [-0.05, 0) is 35.5 Å². The number of benzene rings is 2. The molecule has 4 heteroatoms. The molecule has 3 rings (SSSR count). The molecule has 0 saturated heterocycles. The van der Waals surface area contributed by atoms with E-state index in [1.54, 1.807) is 11.8 Å². The van der Waals surface area contributed by atoms with Crippen molar-refractivity contribution in [1.82, 2.24) is 5.32 Å². The Kier molecular flexibility index (Phi) is 4.46. The maximum Gasteiger partial charge on any atom is 0.172 e. The summed E-state index contributed by atoms with van der Waals surface area (Å²) in [6, 6.07) is 15.8. The molecule has 0 aromatic heterocycles. The van der Waals surface area contributed by atoms with Crippen LogP contribution in [0.4, 0.5) is 0 Å². The molecule has 21 heavy (non-hydrogen) atoms. The van der Waals surface area contributed by atoms with E-state index in [-0.39, 0.29) is 11.2 Å². The zero-order valence-electron chi connectivity index (χ0n) is 11.3. The molecule has 0 bridgehead atoms. The predicted octanol–water partition coefficient (Wildman–Crippen LogP) is 4.64. The zero-order chi connectivity index (χ0) is 14.7. The molecule has 1 unspecified atom stereocenters. The van der Waals surface area contributed by atoms with Crippen molar-refractivity contribution in [2.45, 2.75) is 5.37 Å². The van der Waals surface area contributed by atoms with Crippen LogP contribution in [0.1, 0.15) is 26.9 Å². The lowest BCUT2D eigenvalue weighted by atomic mass is 10.1. The van der Waals surface area contributed by atoms with Gasteiger partial charge in [-0.1, -0.05) is 52.3 Å². The molecule has 2 aromatic rings. The first-order valence-corrected chi connectivity index (χ1v) is 8.50. The second-order valence-electron chi connectivity index (χ2n) is 4.75. The molecular weight excluding hydrogens is 346 g/mol. The fourth-order valence-electron chi connectivity index (χ4n) is 2.23. The van der Waals surface area contributed by atoms with Crippen LogP contribution in [0.25, 0.3) is 6.08 Å². The number of hydrogen-bond donors (Lipinski definition) is 1. The van der Waals surface area contributed by atoms with Gasteiger partial charge in [-0.2, -0.15) is 0 Å². The summed E-state index contributed by atoms with van der Waals surface area (Å²) in [4.78, 5) is 12.2. The van der Waals surface area contributed by atoms with Gasteiger partial charge in [0, 0.05) is 10.0 Å². The SMILES string of the molecule is O=C(CSC1NC=Cc2ccccc21)c1ccc(Br)cc1. The number of hydrogen-bond acceptors (Lipinski definition) is 3. The number of thioether (sulfide) groups is 1. The van der Waals surface area contributed by atoms with E-state index in [1.807, 2.05) is 42.6 Å². The van der Waals surface area contributed by atoms with Crippen molar-refractivity contribution in [2.24, 2.45) is 0 Å². The molecule has 1 heterocycles. The Hall–Kier alpha value is -1.52. The van der Waals surface area contributed by atoms with E-state index in [0.29, 0.717) is 5.75 Å². The molecule has 0 saturated carbocycles. The molecule has 2 aromatic carbocycles. The molecule has 2 nitrogen and oxygen atoms in total. The van der Waals surface area contributed by atoms with Gasteiger partial charge in [-0.15, -0.1) is 11.8 Å². The van der Waals surface area contributed by atoms with Crippen molar-refractivity contribution in [1.29, 1.82) is 0 Å². The minimum absolute atomic E-state index is 0.130. The average Bonchev–Trinajstić information content (AvgIpc) is 2.53. The lowest BCUT2D eigenvalue weighted by Gasteiger charge is -2.22. The van der Waals surface area contributed by atoms with Gasteiger partial charge < -0.3 is 5.32 Å². The summed E-state index contributed by atoms with van der Waals surface area (Å²) in [5.74, 6) is 0.614. The molecule has 0 fully saturated rings. The number of rotatable bonds is 4. The first-order chi connectivity index (χ1) is 10.2. The van der Waals surface area contributed by atoms with E-state index in [4.69, 9.17) is 0 Å². The van der Waals surface area contributed by atoms with Gasteiger partial charge in [0.1, 0.15) is 0 Å². The Morgan fingerprint density at radius 3 is 2.71 bits per heavy atom. The summed E-state index contributed by atoms with van der Waals surface area (Å²) >= 11 is 5.00. The zero-order valence-corrected chi connectivity index (χ0v) is 13.7. The summed E-state index contributed by atoms with van der Waals surface area (Å²) in [5.41, 5.74) is 3.20. The standard InChI is InChI=1S/C17H14BrNOS/c18-14-7-5-13(6-8-14)16(20)11-21-17-15-4-2-1-3-12(15)9-10-19-17/h1-10,17,19H,11H2. The van der Waals surface area contributed by atoms with Crippen molar-refractivity contribution >= 4 is 39.6 Å². The van der Waals surface area contributed by atoms with E-state index in [9.17, 15) is 4.79 Å². The van der Waals surface area contributed by atoms with Crippen LogP contribution in [0.2, 0.25) is 0 Å².